The SMILES string of the molecule is O=COc1ccc(P2(=S)SP(=S)(c3ccc(O)cc3)S2)cc1. The number of phenols is 1. The number of hydrogen-bond donors (Lipinski definition) is 1. The van der Waals surface area contributed by atoms with Crippen molar-refractivity contribution in [3.8, 4) is 11.5 Å². The minimum atomic E-state index is -1.78. The van der Waals surface area contributed by atoms with Crippen molar-refractivity contribution in [2.75, 3.05) is 0 Å². The topological polar surface area (TPSA) is 46.5 Å². The minimum absolute atomic E-state index is 0.242. The first-order chi connectivity index (χ1) is 10.5. The van der Waals surface area contributed by atoms with Crippen molar-refractivity contribution in [1.29, 1.82) is 0 Å². The average Bonchev–Trinajstić information content (AvgIpc) is 2.47. The summed E-state index contributed by atoms with van der Waals surface area (Å²) in [5, 5.41) is 11.5. The minimum Gasteiger partial charge on any atom is -0.508 e. The molecule has 0 spiro atoms. The first-order valence-corrected chi connectivity index (χ1v) is 15.7. The second-order valence-corrected chi connectivity index (χ2v) is 25.7. The van der Waals surface area contributed by atoms with E-state index in [4.69, 9.17) is 28.4 Å². The van der Waals surface area contributed by atoms with E-state index in [1.165, 1.54) is 0 Å². The van der Waals surface area contributed by atoms with E-state index in [9.17, 15) is 9.90 Å². The highest BCUT2D eigenvalue weighted by Gasteiger charge is 2.45. The second kappa shape index (κ2) is 6.31. The molecule has 0 radical (unpaired) electrons. The summed E-state index contributed by atoms with van der Waals surface area (Å²) in [4.78, 5) is 10.3. The second-order valence-electron chi connectivity index (χ2n) is 4.38. The summed E-state index contributed by atoms with van der Waals surface area (Å²) in [5.74, 6) is 0.750. The fourth-order valence-corrected chi connectivity index (χ4v) is 44.2. The number of aromatic hydroxyl groups is 1. The van der Waals surface area contributed by atoms with Gasteiger partial charge in [0, 0.05) is 10.6 Å². The molecule has 1 N–H and O–H groups in total. The van der Waals surface area contributed by atoms with Crippen LogP contribution in [0.4, 0.5) is 0 Å². The van der Waals surface area contributed by atoms with Crippen LogP contribution in [0.15, 0.2) is 48.5 Å². The molecule has 114 valence electrons. The molecule has 1 aliphatic rings. The van der Waals surface area contributed by atoms with Gasteiger partial charge in [0.25, 0.3) is 6.47 Å². The Labute approximate surface area is 145 Å². The normalized spacial score (nSPS) is 26.9. The van der Waals surface area contributed by atoms with Gasteiger partial charge in [0.2, 0.25) is 0 Å². The third-order valence-electron chi connectivity index (χ3n) is 2.93. The van der Waals surface area contributed by atoms with Crippen LogP contribution in [0.5, 0.6) is 11.5 Å². The highest BCUT2D eigenvalue weighted by molar-refractivity contribution is 9.48. The number of hydrogen-bond acceptors (Lipinski definition) is 7. The zero-order valence-electron chi connectivity index (χ0n) is 11.0. The molecule has 3 rings (SSSR count). The van der Waals surface area contributed by atoms with Crippen LogP contribution >= 0.6 is 30.9 Å². The molecular weight excluding hydrogens is 394 g/mol. The Hall–Kier alpha value is -0.290. The van der Waals surface area contributed by atoms with Crippen molar-refractivity contribution < 1.29 is 14.6 Å². The smallest absolute Gasteiger partial charge is 0.298 e. The van der Waals surface area contributed by atoms with Crippen LogP contribution in [0.2, 0.25) is 0 Å². The van der Waals surface area contributed by atoms with Gasteiger partial charge in [-0.25, -0.2) is 0 Å². The van der Waals surface area contributed by atoms with Gasteiger partial charge in [-0.15, -0.1) is 0 Å². The van der Waals surface area contributed by atoms with Gasteiger partial charge in [0.1, 0.15) is 11.5 Å². The quantitative estimate of drug-likeness (QED) is 0.611. The number of ether oxygens (including phenoxy) is 1. The van der Waals surface area contributed by atoms with E-state index in [1.54, 1.807) is 46.3 Å². The lowest BCUT2D eigenvalue weighted by atomic mass is 10.3. The number of rotatable bonds is 4. The van der Waals surface area contributed by atoms with Crippen LogP contribution < -0.4 is 15.3 Å². The monoisotopic (exact) mass is 404 g/mol. The van der Waals surface area contributed by atoms with Crippen molar-refractivity contribution >= 4 is 71.6 Å². The van der Waals surface area contributed by atoms with Crippen molar-refractivity contribution in [2.45, 2.75) is 0 Å². The van der Waals surface area contributed by atoms with Crippen molar-refractivity contribution in [3.05, 3.63) is 48.5 Å². The third-order valence-corrected chi connectivity index (χ3v) is 34.2. The van der Waals surface area contributed by atoms with E-state index in [1.807, 2.05) is 24.3 Å². The van der Waals surface area contributed by atoms with Crippen molar-refractivity contribution in [1.82, 2.24) is 0 Å². The summed E-state index contributed by atoms with van der Waals surface area (Å²) in [6.45, 7) is 0.408. The zero-order valence-corrected chi connectivity index (χ0v) is 16.0. The molecule has 0 saturated carbocycles. The predicted octanol–water partition coefficient (Wildman–Crippen LogP) is 3.98. The molecule has 1 aliphatic heterocycles. The summed E-state index contributed by atoms with van der Waals surface area (Å²) in [5.41, 5.74) is 0. The Morgan fingerprint density at radius 2 is 1.36 bits per heavy atom. The highest BCUT2D eigenvalue weighted by Crippen LogP contribution is 3.04. The highest BCUT2D eigenvalue weighted by atomic mass is 33.7. The zero-order chi connectivity index (χ0) is 15.8. The van der Waals surface area contributed by atoms with Crippen LogP contribution in [0.25, 0.3) is 0 Å². The van der Waals surface area contributed by atoms with E-state index >= 15 is 0 Å². The molecule has 0 atom stereocenters. The van der Waals surface area contributed by atoms with Crippen molar-refractivity contribution in [3.63, 3.8) is 0 Å². The van der Waals surface area contributed by atoms with Gasteiger partial charge < -0.3 is 9.84 Å². The first-order valence-electron chi connectivity index (χ1n) is 6.08. The molecule has 0 amide bonds. The molecule has 9 heteroatoms. The maximum absolute atomic E-state index is 10.3. The number of carbonyl (C=O) groups is 1. The predicted molar refractivity (Wildman–Crippen MR) is 104 cm³/mol. The summed E-state index contributed by atoms with van der Waals surface area (Å²) in [6.07, 6.45) is 0. The standard InChI is InChI=1S/C13H10O3P2S4/c14-9-16-11-3-7-13(8-4-11)18(20)21-17(19,22-18)12-5-1-10(15)2-6-12/h1-9,15H. The van der Waals surface area contributed by atoms with Gasteiger partial charge in [-0.3, -0.25) is 4.79 Å². The molecule has 1 fully saturated rings. The first kappa shape index (κ1) is 16.6. The summed E-state index contributed by atoms with van der Waals surface area (Å²) < 4.78 is 1.25. The molecule has 0 bridgehead atoms. The fourth-order valence-electron chi connectivity index (χ4n) is 1.88. The lowest BCUT2D eigenvalue weighted by Gasteiger charge is -2.40. The van der Waals surface area contributed by atoms with E-state index < -0.39 is 8.88 Å². The van der Waals surface area contributed by atoms with Crippen LogP contribution in [-0.4, -0.2) is 11.6 Å². The van der Waals surface area contributed by atoms with E-state index in [2.05, 4.69) is 0 Å². The summed E-state index contributed by atoms with van der Waals surface area (Å²) in [7, 11) is 0. The molecule has 2 aromatic carbocycles. The number of phenolic OH excluding ortho intramolecular Hbond substituents is 1. The van der Waals surface area contributed by atoms with Crippen LogP contribution in [0, 0.1) is 0 Å². The van der Waals surface area contributed by atoms with Gasteiger partial charge in [-0.05, 0) is 48.5 Å². The largest absolute Gasteiger partial charge is 0.508 e. The molecule has 0 aliphatic carbocycles. The Kier molecular flexibility index (Phi) is 4.75. The van der Waals surface area contributed by atoms with E-state index in [0.29, 0.717) is 12.2 Å². The third kappa shape index (κ3) is 3.16. The lowest BCUT2D eigenvalue weighted by Crippen LogP contribution is -2.08. The maximum Gasteiger partial charge on any atom is 0.298 e. The average molecular weight is 404 g/mol. The Morgan fingerprint density at radius 3 is 1.82 bits per heavy atom. The van der Waals surface area contributed by atoms with Gasteiger partial charge in [-0.2, -0.15) is 0 Å². The number of benzene rings is 2. The Morgan fingerprint density at radius 1 is 0.909 bits per heavy atom. The molecule has 0 unspecified atom stereocenters. The van der Waals surface area contributed by atoms with Crippen LogP contribution in [0.1, 0.15) is 0 Å². The summed E-state index contributed by atoms with van der Waals surface area (Å²) >= 11 is 15.1. The fraction of sp³-hybridized carbons (Fsp3) is 0. The molecule has 2 aromatic rings. The molecular formula is C13H10O3P2S4. The van der Waals surface area contributed by atoms with Crippen LogP contribution in [-0.2, 0) is 28.4 Å². The maximum atomic E-state index is 10.3. The molecule has 1 heterocycles. The van der Waals surface area contributed by atoms with Gasteiger partial charge in [-0.1, -0.05) is 45.6 Å². The molecule has 0 aromatic heterocycles. The summed E-state index contributed by atoms with van der Waals surface area (Å²) in [6, 6.07) is 14.4. The van der Waals surface area contributed by atoms with Crippen molar-refractivity contribution in [2.24, 2.45) is 0 Å². The van der Waals surface area contributed by atoms with E-state index in [0.717, 1.165) is 10.6 Å². The van der Waals surface area contributed by atoms with Gasteiger partial charge in [0.05, 0.1) is 8.88 Å². The molecule has 3 nitrogen and oxygen atoms in total. The number of carbonyl (C=O) groups excluding carboxylic acids is 1. The molecule has 22 heavy (non-hydrogen) atoms. The van der Waals surface area contributed by atoms with Gasteiger partial charge >= 0.3 is 0 Å². The van der Waals surface area contributed by atoms with Gasteiger partial charge in [0.15, 0.2) is 0 Å². The Bertz CT molecular complexity index is 791. The van der Waals surface area contributed by atoms with E-state index in [-0.39, 0.29) is 5.75 Å². The lowest BCUT2D eigenvalue weighted by molar-refractivity contribution is -0.120. The van der Waals surface area contributed by atoms with Crippen LogP contribution in [0.3, 0.4) is 0 Å². The molecule has 1 saturated heterocycles. The Balaban J connectivity index is 1.80.